The van der Waals surface area contributed by atoms with Gasteiger partial charge >= 0.3 is 0 Å². The SMILES string of the molecule is O=C1c2cc(Br)cc(F)c2CN1CCO. The first kappa shape index (κ1) is 10.6. The Bertz CT molecular complexity index is 422. The molecule has 0 bridgehead atoms. The Morgan fingerprint density at radius 2 is 2.27 bits per heavy atom. The second kappa shape index (κ2) is 3.90. The average Bonchev–Trinajstić information content (AvgIpc) is 2.47. The molecule has 1 aromatic rings. The number of nitrogens with zero attached hydrogens (tertiary/aromatic N) is 1. The van der Waals surface area contributed by atoms with Crippen LogP contribution >= 0.6 is 15.9 Å². The molecule has 3 nitrogen and oxygen atoms in total. The van der Waals surface area contributed by atoms with Crippen molar-refractivity contribution in [1.82, 2.24) is 4.90 Å². The average molecular weight is 274 g/mol. The number of aliphatic hydroxyl groups excluding tert-OH is 1. The van der Waals surface area contributed by atoms with Gasteiger partial charge in [0.05, 0.1) is 6.61 Å². The van der Waals surface area contributed by atoms with Crippen molar-refractivity contribution in [2.45, 2.75) is 6.54 Å². The third-order valence-electron chi connectivity index (χ3n) is 2.40. The van der Waals surface area contributed by atoms with Crippen molar-refractivity contribution < 1.29 is 14.3 Å². The fourth-order valence-corrected chi connectivity index (χ4v) is 2.12. The number of halogens is 2. The van der Waals surface area contributed by atoms with E-state index in [1.165, 1.54) is 11.0 Å². The van der Waals surface area contributed by atoms with E-state index in [0.29, 0.717) is 15.6 Å². The van der Waals surface area contributed by atoms with Crippen molar-refractivity contribution in [3.8, 4) is 0 Å². The zero-order chi connectivity index (χ0) is 11.0. The molecule has 1 N–H and O–H groups in total. The lowest BCUT2D eigenvalue weighted by molar-refractivity contribution is 0.0745. The van der Waals surface area contributed by atoms with Gasteiger partial charge in [-0.3, -0.25) is 4.79 Å². The zero-order valence-corrected chi connectivity index (χ0v) is 9.42. The van der Waals surface area contributed by atoms with Crippen LogP contribution in [-0.4, -0.2) is 29.1 Å². The summed E-state index contributed by atoms with van der Waals surface area (Å²) in [5.41, 5.74) is 0.798. The van der Waals surface area contributed by atoms with Crippen molar-refractivity contribution in [3.05, 3.63) is 33.5 Å². The fraction of sp³-hybridized carbons (Fsp3) is 0.300. The molecule has 0 atom stereocenters. The maximum absolute atomic E-state index is 13.5. The maximum atomic E-state index is 13.5. The first-order valence-corrected chi connectivity index (χ1v) is 5.31. The highest BCUT2D eigenvalue weighted by atomic mass is 79.9. The number of carbonyl (C=O) groups excluding carboxylic acids is 1. The van der Waals surface area contributed by atoms with Crippen LogP contribution in [-0.2, 0) is 6.54 Å². The van der Waals surface area contributed by atoms with Gasteiger partial charge in [0.2, 0.25) is 0 Å². The van der Waals surface area contributed by atoms with Gasteiger partial charge in [-0.2, -0.15) is 0 Å². The van der Waals surface area contributed by atoms with Crippen LogP contribution in [0.15, 0.2) is 16.6 Å². The zero-order valence-electron chi connectivity index (χ0n) is 7.83. The number of fused-ring (bicyclic) bond motifs is 1. The van der Waals surface area contributed by atoms with Crippen LogP contribution in [0.2, 0.25) is 0 Å². The van der Waals surface area contributed by atoms with Gasteiger partial charge in [0, 0.05) is 28.7 Å². The molecular formula is C10H9BrFNO2. The summed E-state index contributed by atoms with van der Waals surface area (Å²) in [4.78, 5) is 13.1. The van der Waals surface area contributed by atoms with Gasteiger partial charge in [-0.25, -0.2) is 4.39 Å². The highest BCUT2D eigenvalue weighted by molar-refractivity contribution is 9.10. The molecule has 0 aromatic heterocycles. The smallest absolute Gasteiger partial charge is 0.254 e. The van der Waals surface area contributed by atoms with Crippen molar-refractivity contribution in [3.63, 3.8) is 0 Å². The van der Waals surface area contributed by atoms with E-state index in [-0.39, 0.29) is 31.4 Å². The molecule has 2 rings (SSSR count). The fourth-order valence-electron chi connectivity index (χ4n) is 1.69. The molecular weight excluding hydrogens is 265 g/mol. The van der Waals surface area contributed by atoms with Gasteiger partial charge in [-0.1, -0.05) is 15.9 Å². The largest absolute Gasteiger partial charge is 0.395 e. The normalized spacial score (nSPS) is 14.6. The highest BCUT2D eigenvalue weighted by Crippen LogP contribution is 2.28. The minimum absolute atomic E-state index is 0.109. The number of hydrogen-bond donors (Lipinski definition) is 1. The number of hydrogen-bond acceptors (Lipinski definition) is 2. The lowest BCUT2D eigenvalue weighted by atomic mass is 10.1. The van der Waals surface area contributed by atoms with E-state index in [9.17, 15) is 9.18 Å². The van der Waals surface area contributed by atoms with Gasteiger partial charge in [0.25, 0.3) is 5.91 Å². The summed E-state index contributed by atoms with van der Waals surface area (Å²) in [5, 5.41) is 8.75. The van der Waals surface area contributed by atoms with Gasteiger partial charge in [0.15, 0.2) is 0 Å². The van der Waals surface area contributed by atoms with Gasteiger partial charge in [-0.15, -0.1) is 0 Å². The first-order chi connectivity index (χ1) is 7.13. The monoisotopic (exact) mass is 273 g/mol. The molecule has 15 heavy (non-hydrogen) atoms. The number of benzene rings is 1. The molecule has 1 aromatic carbocycles. The van der Waals surface area contributed by atoms with E-state index < -0.39 is 0 Å². The number of β-amino-alcohol motifs (C(OH)–C–C–N with tert-alkyl or cyclic N) is 1. The number of amides is 1. The summed E-state index contributed by atoms with van der Waals surface area (Å²) in [5.74, 6) is -0.604. The number of rotatable bonds is 2. The molecule has 0 spiro atoms. The molecule has 1 aliphatic rings. The van der Waals surface area contributed by atoms with Crippen LogP contribution in [0.5, 0.6) is 0 Å². The second-order valence-electron chi connectivity index (χ2n) is 3.36. The van der Waals surface area contributed by atoms with Crippen LogP contribution in [0.1, 0.15) is 15.9 Å². The third-order valence-corrected chi connectivity index (χ3v) is 2.85. The van der Waals surface area contributed by atoms with Crippen LogP contribution in [0, 0.1) is 5.82 Å². The summed E-state index contributed by atoms with van der Waals surface area (Å²) < 4.78 is 14.0. The standard InChI is InChI=1S/C10H9BrFNO2/c11-6-3-7-8(9(12)4-6)5-13(1-2-14)10(7)15/h3-4,14H,1-2,5H2. The molecule has 0 fully saturated rings. The van der Waals surface area contributed by atoms with Crippen LogP contribution in [0.3, 0.4) is 0 Å². The summed E-state index contributed by atoms with van der Waals surface area (Å²) in [7, 11) is 0. The van der Waals surface area contributed by atoms with E-state index in [1.54, 1.807) is 6.07 Å². The van der Waals surface area contributed by atoms with E-state index >= 15 is 0 Å². The number of carbonyl (C=O) groups is 1. The molecule has 0 aliphatic carbocycles. The van der Waals surface area contributed by atoms with Crippen LogP contribution in [0.4, 0.5) is 4.39 Å². The Kier molecular flexibility index (Phi) is 2.75. The number of aliphatic hydroxyl groups is 1. The molecule has 5 heteroatoms. The predicted molar refractivity (Wildman–Crippen MR) is 55.9 cm³/mol. The molecule has 0 unspecified atom stereocenters. The Balaban J connectivity index is 2.41. The lowest BCUT2D eigenvalue weighted by Crippen LogP contribution is -2.26. The minimum Gasteiger partial charge on any atom is -0.395 e. The third kappa shape index (κ3) is 1.77. The molecule has 0 radical (unpaired) electrons. The first-order valence-electron chi connectivity index (χ1n) is 4.51. The molecule has 0 saturated heterocycles. The minimum atomic E-state index is -0.381. The molecule has 1 amide bonds. The molecule has 80 valence electrons. The summed E-state index contributed by atoms with van der Waals surface area (Å²) in [6, 6.07) is 2.95. The highest BCUT2D eigenvalue weighted by Gasteiger charge is 2.29. The van der Waals surface area contributed by atoms with Crippen LogP contribution < -0.4 is 0 Å². The van der Waals surface area contributed by atoms with E-state index in [1.807, 2.05) is 0 Å². The van der Waals surface area contributed by atoms with Crippen molar-refractivity contribution >= 4 is 21.8 Å². The van der Waals surface area contributed by atoms with E-state index in [0.717, 1.165) is 0 Å². The lowest BCUT2D eigenvalue weighted by Gasteiger charge is -2.12. The second-order valence-corrected chi connectivity index (χ2v) is 4.28. The molecule has 0 saturated carbocycles. The van der Waals surface area contributed by atoms with Gasteiger partial charge < -0.3 is 10.0 Å². The van der Waals surface area contributed by atoms with Crippen molar-refractivity contribution in [2.24, 2.45) is 0 Å². The molecule has 1 aliphatic heterocycles. The van der Waals surface area contributed by atoms with Gasteiger partial charge in [0.1, 0.15) is 5.82 Å². The Labute approximate surface area is 94.6 Å². The maximum Gasteiger partial charge on any atom is 0.254 e. The Hall–Kier alpha value is -0.940. The summed E-state index contributed by atoms with van der Waals surface area (Å²) in [6.07, 6.45) is 0. The Morgan fingerprint density at radius 1 is 1.53 bits per heavy atom. The molecule has 1 heterocycles. The van der Waals surface area contributed by atoms with E-state index in [2.05, 4.69) is 15.9 Å². The van der Waals surface area contributed by atoms with Crippen LogP contribution in [0.25, 0.3) is 0 Å². The van der Waals surface area contributed by atoms with Crippen molar-refractivity contribution in [1.29, 1.82) is 0 Å². The quantitative estimate of drug-likeness (QED) is 0.888. The van der Waals surface area contributed by atoms with Crippen molar-refractivity contribution in [2.75, 3.05) is 13.2 Å². The summed E-state index contributed by atoms with van der Waals surface area (Å²) >= 11 is 3.14. The van der Waals surface area contributed by atoms with E-state index in [4.69, 9.17) is 5.11 Å². The topological polar surface area (TPSA) is 40.5 Å². The summed E-state index contributed by atoms with van der Waals surface area (Å²) in [6.45, 7) is 0.376. The predicted octanol–water partition coefficient (Wildman–Crippen LogP) is 1.54. The Morgan fingerprint density at radius 3 is 2.93 bits per heavy atom. The van der Waals surface area contributed by atoms with Gasteiger partial charge in [-0.05, 0) is 12.1 Å².